The minimum absolute atomic E-state index is 0.380. The largest absolute Gasteiger partial charge is 0.335 e. The molecule has 0 fully saturated rings. The Balaban J connectivity index is 1.67. The summed E-state index contributed by atoms with van der Waals surface area (Å²) in [6.07, 6.45) is 1.02. The lowest BCUT2D eigenvalue weighted by Gasteiger charge is -2.10. The van der Waals surface area contributed by atoms with Crippen molar-refractivity contribution in [2.45, 2.75) is 26.3 Å². The molecule has 1 atom stereocenters. The Bertz CT molecular complexity index is 650. The van der Waals surface area contributed by atoms with Crippen LogP contribution >= 0.6 is 11.8 Å². The number of nitrogens with zero attached hydrogens (tertiary/aromatic N) is 1. The molecule has 0 saturated carbocycles. The lowest BCUT2D eigenvalue weighted by molar-refractivity contribution is 0.762. The number of amidine groups is 1. The second-order valence-corrected chi connectivity index (χ2v) is 6.47. The van der Waals surface area contributed by atoms with E-state index in [1.165, 1.54) is 22.4 Å². The molecular formula is C18H20N2S. The third kappa shape index (κ3) is 3.48. The van der Waals surface area contributed by atoms with E-state index in [9.17, 15) is 0 Å². The zero-order valence-corrected chi connectivity index (χ0v) is 13.3. The van der Waals surface area contributed by atoms with Crippen molar-refractivity contribution < 1.29 is 0 Å². The van der Waals surface area contributed by atoms with E-state index in [2.05, 4.69) is 67.7 Å². The molecule has 1 N–H and O–H groups in total. The SMILES string of the molecule is Cc1cccc(NC2=NC(Cc3ccccc3)CS2)c1C. The van der Waals surface area contributed by atoms with Crippen molar-refractivity contribution in [3.63, 3.8) is 0 Å². The molecule has 1 aliphatic heterocycles. The molecule has 21 heavy (non-hydrogen) atoms. The molecular weight excluding hydrogens is 276 g/mol. The summed E-state index contributed by atoms with van der Waals surface area (Å²) in [5.41, 5.74) is 5.14. The van der Waals surface area contributed by atoms with Crippen molar-refractivity contribution >= 4 is 22.6 Å². The summed E-state index contributed by atoms with van der Waals surface area (Å²) < 4.78 is 0. The van der Waals surface area contributed by atoms with Crippen LogP contribution in [0.4, 0.5) is 5.69 Å². The van der Waals surface area contributed by atoms with E-state index < -0.39 is 0 Å². The monoisotopic (exact) mass is 296 g/mol. The Morgan fingerprint density at radius 3 is 2.71 bits per heavy atom. The smallest absolute Gasteiger partial charge is 0.161 e. The Morgan fingerprint density at radius 2 is 1.90 bits per heavy atom. The standard InChI is InChI=1S/C18H20N2S/c1-13-7-6-10-17(14(13)2)20-18-19-16(12-21-18)11-15-8-4-3-5-9-15/h3-10,16H,11-12H2,1-2H3,(H,19,20). The van der Waals surface area contributed by atoms with Gasteiger partial charge in [0.1, 0.15) is 0 Å². The molecule has 0 aromatic heterocycles. The molecule has 2 aromatic rings. The third-order valence-corrected chi connectivity index (χ3v) is 4.90. The van der Waals surface area contributed by atoms with Crippen molar-refractivity contribution in [1.29, 1.82) is 0 Å². The first-order valence-electron chi connectivity index (χ1n) is 7.30. The van der Waals surface area contributed by atoms with Crippen LogP contribution in [-0.4, -0.2) is 17.0 Å². The van der Waals surface area contributed by atoms with Crippen LogP contribution in [0.15, 0.2) is 53.5 Å². The molecule has 3 heteroatoms. The Morgan fingerprint density at radius 1 is 1.10 bits per heavy atom. The van der Waals surface area contributed by atoms with Gasteiger partial charge in [0, 0.05) is 11.4 Å². The van der Waals surface area contributed by atoms with Gasteiger partial charge >= 0.3 is 0 Å². The van der Waals surface area contributed by atoms with Gasteiger partial charge < -0.3 is 5.32 Å². The van der Waals surface area contributed by atoms with Crippen LogP contribution in [0.25, 0.3) is 0 Å². The fourth-order valence-electron chi connectivity index (χ4n) is 2.48. The highest BCUT2D eigenvalue weighted by Gasteiger charge is 2.19. The Labute approximate surface area is 130 Å². The summed E-state index contributed by atoms with van der Waals surface area (Å²) in [4.78, 5) is 4.82. The van der Waals surface area contributed by atoms with Gasteiger partial charge in [-0.1, -0.05) is 54.2 Å². The molecule has 108 valence electrons. The molecule has 1 unspecified atom stereocenters. The number of aliphatic imine (C=N–C) groups is 1. The maximum absolute atomic E-state index is 4.82. The summed E-state index contributed by atoms with van der Waals surface area (Å²) in [6, 6.07) is 17.3. The molecule has 1 aliphatic rings. The van der Waals surface area contributed by atoms with Crippen LogP contribution in [-0.2, 0) is 6.42 Å². The molecule has 3 rings (SSSR count). The van der Waals surface area contributed by atoms with Crippen LogP contribution < -0.4 is 5.32 Å². The summed E-state index contributed by atoms with van der Waals surface area (Å²) in [6.45, 7) is 4.29. The van der Waals surface area contributed by atoms with Crippen molar-refractivity contribution in [2.75, 3.05) is 11.1 Å². The van der Waals surface area contributed by atoms with E-state index in [0.717, 1.165) is 17.3 Å². The van der Waals surface area contributed by atoms with Gasteiger partial charge in [-0.3, -0.25) is 4.99 Å². The minimum atomic E-state index is 0.380. The molecule has 0 saturated heterocycles. The zero-order chi connectivity index (χ0) is 14.7. The van der Waals surface area contributed by atoms with E-state index in [1.807, 2.05) is 11.8 Å². The Kier molecular flexibility index (Phi) is 4.30. The maximum Gasteiger partial charge on any atom is 0.161 e. The molecule has 2 aromatic carbocycles. The average molecular weight is 296 g/mol. The number of thioether (sulfide) groups is 1. The van der Waals surface area contributed by atoms with Gasteiger partial charge in [-0.15, -0.1) is 0 Å². The predicted molar refractivity (Wildman–Crippen MR) is 93.4 cm³/mol. The molecule has 1 heterocycles. The fraction of sp³-hybridized carbons (Fsp3) is 0.278. The maximum atomic E-state index is 4.82. The van der Waals surface area contributed by atoms with Gasteiger partial charge in [0.2, 0.25) is 0 Å². The number of aryl methyl sites for hydroxylation is 1. The van der Waals surface area contributed by atoms with Crippen molar-refractivity contribution in [1.82, 2.24) is 0 Å². The lowest BCUT2D eigenvalue weighted by atomic mass is 10.1. The second-order valence-electron chi connectivity index (χ2n) is 5.46. The number of anilines is 1. The zero-order valence-electron chi connectivity index (χ0n) is 12.5. The van der Waals surface area contributed by atoms with Crippen LogP contribution in [0.5, 0.6) is 0 Å². The van der Waals surface area contributed by atoms with Gasteiger partial charge in [-0.25, -0.2) is 0 Å². The minimum Gasteiger partial charge on any atom is -0.335 e. The van der Waals surface area contributed by atoms with Gasteiger partial charge in [0.05, 0.1) is 6.04 Å². The van der Waals surface area contributed by atoms with E-state index in [0.29, 0.717) is 6.04 Å². The van der Waals surface area contributed by atoms with Gasteiger partial charge in [-0.05, 0) is 43.0 Å². The normalized spacial score (nSPS) is 17.6. The highest BCUT2D eigenvalue weighted by Crippen LogP contribution is 2.25. The lowest BCUT2D eigenvalue weighted by Crippen LogP contribution is -2.09. The molecule has 2 nitrogen and oxygen atoms in total. The van der Waals surface area contributed by atoms with Crippen LogP contribution in [0.1, 0.15) is 16.7 Å². The summed E-state index contributed by atoms with van der Waals surface area (Å²) in [5, 5.41) is 4.52. The van der Waals surface area contributed by atoms with Gasteiger partial charge in [0.15, 0.2) is 5.17 Å². The highest BCUT2D eigenvalue weighted by atomic mass is 32.2. The van der Waals surface area contributed by atoms with Crippen molar-refractivity contribution in [3.8, 4) is 0 Å². The van der Waals surface area contributed by atoms with E-state index in [4.69, 9.17) is 4.99 Å². The van der Waals surface area contributed by atoms with Crippen molar-refractivity contribution in [3.05, 3.63) is 65.2 Å². The molecule has 0 amide bonds. The number of hydrogen-bond acceptors (Lipinski definition) is 3. The topological polar surface area (TPSA) is 24.4 Å². The second kappa shape index (κ2) is 6.35. The number of benzene rings is 2. The highest BCUT2D eigenvalue weighted by molar-refractivity contribution is 8.14. The third-order valence-electron chi connectivity index (χ3n) is 3.87. The Hall–Kier alpha value is -1.74. The quantitative estimate of drug-likeness (QED) is 0.906. The molecule has 0 spiro atoms. The average Bonchev–Trinajstić information content (AvgIpc) is 2.92. The van der Waals surface area contributed by atoms with Gasteiger partial charge in [0.25, 0.3) is 0 Å². The number of nitrogens with one attached hydrogen (secondary N) is 1. The van der Waals surface area contributed by atoms with Gasteiger partial charge in [-0.2, -0.15) is 0 Å². The predicted octanol–water partition coefficient (Wildman–Crippen LogP) is 4.43. The molecule has 0 aliphatic carbocycles. The van der Waals surface area contributed by atoms with E-state index >= 15 is 0 Å². The summed E-state index contributed by atoms with van der Waals surface area (Å²) in [5.74, 6) is 1.06. The van der Waals surface area contributed by atoms with E-state index in [-0.39, 0.29) is 0 Å². The first kappa shape index (κ1) is 14.2. The van der Waals surface area contributed by atoms with E-state index in [1.54, 1.807) is 0 Å². The summed E-state index contributed by atoms with van der Waals surface area (Å²) in [7, 11) is 0. The molecule has 0 bridgehead atoms. The summed E-state index contributed by atoms with van der Waals surface area (Å²) >= 11 is 1.82. The first-order chi connectivity index (χ1) is 10.2. The molecule has 0 radical (unpaired) electrons. The van der Waals surface area contributed by atoms with Crippen LogP contribution in [0, 0.1) is 13.8 Å². The number of rotatable bonds is 3. The fourth-order valence-corrected chi connectivity index (χ4v) is 3.42. The number of hydrogen-bond donors (Lipinski definition) is 1. The van der Waals surface area contributed by atoms with Crippen molar-refractivity contribution in [2.24, 2.45) is 4.99 Å². The first-order valence-corrected chi connectivity index (χ1v) is 8.28. The van der Waals surface area contributed by atoms with Crippen LogP contribution in [0.2, 0.25) is 0 Å². The van der Waals surface area contributed by atoms with Crippen LogP contribution in [0.3, 0.4) is 0 Å².